The van der Waals surface area contributed by atoms with Gasteiger partial charge in [0.2, 0.25) is 0 Å². The van der Waals surface area contributed by atoms with Gasteiger partial charge in [0.15, 0.2) is 0 Å². The van der Waals surface area contributed by atoms with Crippen LogP contribution in [-0.4, -0.2) is 29.4 Å². The monoisotopic (exact) mass is 292 g/mol. The fourth-order valence-corrected chi connectivity index (χ4v) is 0. The highest BCUT2D eigenvalue weighted by Gasteiger charge is 1.76. The number of hydrogen-bond acceptors (Lipinski definition) is 6. The van der Waals surface area contributed by atoms with E-state index < -0.39 is 17.2 Å². The van der Waals surface area contributed by atoms with Gasteiger partial charge in [-0.1, -0.05) is 59.4 Å². The van der Waals surface area contributed by atoms with E-state index in [1.807, 2.05) is 0 Å². The van der Waals surface area contributed by atoms with Crippen LogP contribution >= 0.6 is 17.2 Å². The van der Waals surface area contributed by atoms with Crippen LogP contribution in [0.5, 0.6) is 0 Å². The van der Waals surface area contributed by atoms with Crippen molar-refractivity contribution in [3.05, 3.63) is 0 Å². The summed E-state index contributed by atoms with van der Waals surface area (Å²) < 4.78 is 0. The molecule has 0 radical (unpaired) electrons. The van der Waals surface area contributed by atoms with Crippen LogP contribution in [0.1, 0.15) is 59.4 Å². The SMILES string of the molecule is C.C.C.C.C.C.C.C.OP(O)O.OP(O)O. The minimum Gasteiger partial charge on any atom is -0.328 e. The van der Waals surface area contributed by atoms with Crippen LogP contribution in [0, 0.1) is 0 Å². The molecule has 6 nitrogen and oxygen atoms in total. The fraction of sp³-hybridized carbons (Fsp3) is 1.00. The van der Waals surface area contributed by atoms with Gasteiger partial charge in [-0.2, -0.15) is 0 Å². The average Bonchev–Trinajstić information content (AvgIpc) is 1.25. The van der Waals surface area contributed by atoms with Crippen molar-refractivity contribution in [3.8, 4) is 0 Å². The minimum atomic E-state index is -2.62. The Labute approximate surface area is 107 Å². The van der Waals surface area contributed by atoms with Crippen molar-refractivity contribution in [2.45, 2.75) is 59.4 Å². The molecule has 0 fully saturated rings. The standard InChI is InChI=1S/8CH4.2H3O3P/c;;;;;;;;2*1-4(2)3/h8*1H4;2*1-3H. The van der Waals surface area contributed by atoms with Gasteiger partial charge < -0.3 is 29.4 Å². The van der Waals surface area contributed by atoms with Crippen molar-refractivity contribution < 1.29 is 29.4 Å². The molecule has 0 aliphatic rings. The summed E-state index contributed by atoms with van der Waals surface area (Å²) in [4.78, 5) is 43.4. The highest BCUT2D eigenvalue weighted by Crippen LogP contribution is 2.12. The molecule has 116 valence electrons. The van der Waals surface area contributed by atoms with Gasteiger partial charge in [0.1, 0.15) is 0 Å². The Morgan fingerprint density at radius 3 is 0.312 bits per heavy atom. The summed E-state index contributed by atoms with van der Waals surface area (Å²) >= 11 is 0. The molecule has 0 aromatic carbocycles. The molecule has 0 aromatic rings. The van der Waals surface area contributed by atoms with E-state index in [1.54, 1.807) is 0 Å². The Balaban J connectivity index is -0.00000000375. The smallest absolute Gasteiger partial charge is 0.324 e. The van der Waals surface area contributed by atoms with E-state index in [9.17, 15) is 0 Å². The lowest BCUT2D eigenvalue weighted by atomic mass is 12.0. The van der Waals surface area contributed by atoms with Crippen LogP contribution in [0.4, 0.5) is 0 Å². The van der Waals surface area contributed by atoms with Crippen LogP contribution in [-0.2, 0) is 0 Å². The molecule has 0 aliphatic heterocycles. The highest BCUT2D eigenvalue weighted by atomic mass is 31.2. The van der Waals surface area contributed by atoms with Crippen LogP contribution in [0.3, 0.4) is 0 Å². The van der Waals surface area contributed by atoms with E-state index in [2.05, 4.69) is 0 Å². The molecule has 0 rings (SSSR count). The quantitative estimate of drug-likeness (QED) is 0.380. The second-order valence-corrected chi connectivity index (χ2v) is 1.61. The maximum Gasteiger partial charge on any atom is 0.324 e. The Hall–Kier alpha value is 0.620. The maximum atomic E-state index is 7.23. The normalized spacial score (nSPS) is 4.50. The van der Waals surface area contributed by atoms with Crippen LogP contribution in [0.2, 0.25) is 0 Å². The van der Waals surface area contributed by atoms with Gasteiger partial charge in [0.25, 0.3) is 0 Å². The summed E-state index contributed by atoms with van der Waals surface area (Å²) in [6, 6.07) is 0. The third-order valence-electron chi connectivity index (χ3n) is 0. The zero-order valence-corrected chi connectivity index (χ0v) is 5.37. The lowest BCUT2D eigenvalue weighted by Crippen LogP contribution is -1.54. The van der Waals surface area contributed by atoms with Gasteiger partial charge in [-0.15, -0.1) is 0 Å². The van der Waals surface area contributed by atoms with Gasteiger partial charge in [-0.25, -0.2) is 0 Å². The second kappa shape index (κ2) is 76.2. The predicted octanol–water partition coefficient (Wildman–Crippen LogP) is 3.47. The molecule has 0 unspecified atom stereocenters. The summed E-state index contributed by atoms with van der Waals surface area (Å²) in [6.07, 6.45) is 0. The molecule has 0 aliphatic carbocycles. The van der Waals surface area contributed by atoms with Gasteiger partial charge in [0.05, 0.1) is 0 Å². The summed E-state index contributed by atoms with van der Waals surface area (Å²) in [6.45, 7) is 0. The first-order valence-electron chi connectivity index (χ1n) is 1.20. The van der Waals surface area contributed by atoms with Crippen molar-refractivity contribution in [2.24, 2.45) is 0 Å². The van der Waals surface area contributed by atoms with E-state index in [4.69, 9.17) is 29.4 Å². The average molecular weight is 292 g/mol. The van der Waals surface area contributed by atoms with Gasteiger partial charge >= 0.3 is 17.2 Å². The molecule has 0 saturated heterocycles. The van der Waals surface area contributed by atoms with Gasteiger partial charge in [-0.05, 0) is 0 Å². The molecule has 0 spiro atoms. The third-order valence-corrected chi connectivity index (χ3v) is 0. The van der Waals surface area contributed by atoms with Gasteiger partial charge in [0, 0.05) is 0 Å². The Kier molecular flexibility index (Phi) is 441. The molecular formula is C8H38O6P2. The summed E-state index contributed by atoms with van der Waals surface area (Å²) in [7, 11) is -5.24. The molecule has 0 atom stereocenters. The minimum absolute atomic E-state index is 0. The number of rotatable bonds is 0. The molecule has 0 aromatic heterocycles. The lowest BCUT2D eigenvalue weighted by Gasteiger charge is -1.76. The molecular weight excluding hydrogens is 254 g/mol. The summed E-state index contributed by atoms with van der Waals surface area (Å²) in [5, 5.41) is 0. The molecule has 8 heteroatoms. The lowest BCUT2D eigenvalue weighted by molar-refractivity contribution is 0.366. The van der Waals surface area contributed by atoms with Crippen LogP contribution in [0.25, 0.3) is 0 Å². The van der Waals surface area contributed by atoms with E-state index in [0.717, 1.165) is 0 Å². The number of hydrogen-bond donors (Lipinski definition) is 6. The van der Waals surface area contributed by atoms with Crippen LogP contribution < -0.4 is 0 Å². The molecule has 0 bridgehead atoms. The summed E-state index contributed by atoms with van der Waals surface area (Å²) in [5.41, 5.74) is 0. The first-order chi connectivity index (χ1) is 3.46. The second-order valence-electron chi connectivity index (χ2n) is 0.537. The maximum absolute atomic E-state index is 7.23. The molecule has 6 N–H and O–H groups in total. The van der Waals surface area contributed by atoms with Crippen molar-refractivity contribution >= 4 is 17.2 Å². The first-order valence-corrected chi connectivity index (χ1v) is 3.60. The zero-order valence-electron chi connectivity index (χ0n) is 3.58. The zero-order chi connectivity index (χ0) is 7.15. The van der Waals surface area contributed by atoms with Crippen molar-refractivity contribution in [1.82, 2.24) is 0 Å². The Morgan fingerprint density at radius 2 is 0.312 bits per heavy atom. The van der Waals surface area contributed by atoms with Crippen molar-refractivity contribution in [2.75, 3.05) is 0 Å². The van der Waals surface area contributed by atoms with Crippen molar-refractivity contribution in [3.63, 3.8) is 0 Å². The van der Waals surface area contributed by atoms with Gasteiger partial charge in [-0.3, -0.25) is 0 Å². The molecule has 0 saturated carbocycles. The van der Waals surface area contributed by atoms with E-state index in [0.29, 0.717) is 0 Å². The fourth-order valence-electron chi connectivity index (χ4n) is 0. The van der Waals surface area contributed by atoms with E-state index in [1.165, 1.54) is 0 Å². The Bertz CT molecular complexity index is 38.0. The van der Waals surface area contributed by atoms with Crippen molar-refractivity contribution in [1.29, 1.82) is 0 Å². The highest BCUT2D eigenvalue weighted by molar-refractivity contribution is 7.38. The molecule has 0 heterocycles. The largest absolute Gasteiger partial charge is 0.328 e. The van der Waals surface area contributed by atoms with Crippen LogP contribution in [0.15, 0.2) is 0 Å². The topological polar surface area (TPSA) is 121 Å². The predicted molar refractivity (Wildman–Crippen MR) is 81.0 cm³/mol. The van der Waals surface area contributed by atoms with E-state index in [-0.39, 0.29) is 59.4 Å². The summed E-state index contributed by atoms with van der Waals surface area (Å²) in [5.74, 6) is 0. The molecule has 0 amide bonds. The molecule has 16 heavy (non-hydrogen) atoms. The third kappa shape index (κ3) is 7060. The van der Waals surface area contributed by atoms with E-state index >= 15 is 0 Å². The Morgan fingerprint density at radius 1 is 0.312 bits per heavy atom. The first kappa shape index (κ1) is 92.5.